The Morgan fingerprint density at radius 1 is 0.750 bits per heavy atom. The number of aliphatic hydroxyl groups excluding tert-OH is 1. The molecule has 5 N–H and O–H groups in total. The van der Waals surface area contributed by atoms with Gasteiger partial charge in [0.15, 0.2) is 16.9 Å². The Kier molecular flexibility index (Phi) is 13.9. The molecule has 16 nitrogen and oxygen atoms in total. The summed E-state index contributed by atoms with van der Waals surface area (Å²) in [4.78, 5) is 77.8. The van der Waals surface area contributed by atoms with Gasteiger partial charge in [-0.15, -0.1) is 24.8 Å². The van der Waals surface area contributed by atoms with Crippen molar-refractivity contribution in [2.24, 2.45) is 25.9 Å². The average molecular weight is 919 g/mol. The minimum absolute atomic E-state index is 0. The fraction of sp³-hybridized carbons (Fsp3) is 0.370. The van der Waals surface area contributed by atoms with E-state index in [1.165, 1.54) is 0 Å². The van der Waals surface area contributed by atoms with E-state index in [-0.39, 0.29) is 78.8 Å². The third-order valence-corrected chi connectivity index (χ3v) is 12.5. The molecule has 2 aliphatic heterocycles. The van der Waals surface area contributed by atoms with Crippen molar-refractivity contribution < 1.29 is 34.4 Å². The molecular weight excluding hydrogens is 865 g/mol. The van der Waals surface area contributed by atoms with Crippen molar-refractivity contribution in [1.82, 2.24) is 33.8 Å². The first-order chi connectivity index (χ1) is 29.6. The van der Waals surface area contributed by atoms with Crippen LogP contribution in [-0.4, -0.2) is 114 Å². The number of carboxylic acids is 1. The topological polar surface area (TPSA) is 206 Å². The van der Waals surface area contributed by atoms with E-state index in [1.54, 1.807) is 38.9 Å². The number of hydrogen-bond donors (Lipinski definition) is 5. The van der Waals surface area contributed by atoms with Gasteiger partial charge in [-0.2, -0.15) is 0 Å². The van der Waals surface area contributed by atoms with Crippen LogP contribution in [0.2, 0.25) is 0 Å². The second-order valence-electron chi connectivity index (χ2n) is 16.7. The number of carbonyl (C=O) groups is 3. The molecule has 0 unspecified atom stereocenters. The van der Waals surface area contributed by atoms with Gasteiger partial charge in [0.25, 0.3) is 11.1 Å². The van der Waals surface area contributed by atoms with E-state index in [9.17, 15) is 39.3 Å². The largest absolute Gasteiger partial charge is 0.506 e. The molecule has 0 aliphatic carbocycles. The summed E-state index contributed by atoms with van der Waals surface area (Å²) >= 11 is 0. The van der Waals surface area contributed by atoms with Crippen LogP contribution in [0.15, 0.2) is 58.1 Å². The van der Waals surface area contributed by atoms with E-state index < -0.39 is 45.7 Å². The van der Waals surface area contributed by atoms with E-state index in [2.05, 4.69) is 35.0 Å². The number of halogens is 2. The fourth-order valence-electron chi connectivity index (χ4n) is 9.09. The number of amides is 1. The predicted octanol–water partition coefficient (Wildman–Crippen LogP) is 4.92. The first-order valence-electron chi connectivity index (χ1n) is 20.8. The Labute approximate surface area is 380 Å². The second-order valence-corrected chi connectivity index (χ2v) is 16.7. The number of hydrogen-bond acceptors (Lipinski definition) is 10. The number of carboxylic acid groups (broad SMARTS) is 1. The predicted molar refractivity (Wildman–Crippen MR) is 248 cm³/mol. The Hall–Kier alpha value is -5.91. The van der Waals surface area contributed by atoms with E-state index in [0.717, 1.165) is 52.8 Å². The number of rotatable bonds is 13. The lowest BCUT2D eigenvalue weighted by Gasteiger charge is -2.39. The lowest BCUT2D eigenvalue weighted by Crippen LogP contribution is -2.52. The molecule has 0 spiro atoms. The third kappa shape index (κ3) is 8.43. The molecule has 4 aromatic heterocycles. The minimum atomic E-state index is -1.64. The van der Waals surface area contributed by atoms with Crippen LogP contribution in [0.5, 0.6) is 11.5 Å². The van der Waals surface area contributed by atoms with Crippen LogP contribution < -0.4 is 15.9 Å². The number of ether oxygens (including phenoxy) is 1. The Bertz CT molecular complexity index is 2920. The molecule has 0 bridgehead atoms. The zero-order valence-electron chi connectivity index (χ0n) is 36.5. The quantitative estimate of drug-likeness (QED) is 0.0984. The lowest BCUT2D eigenvalue weighted by molar-refractivity contribution is -0.138. The summed E-state index contributed by atoms with van der Waals surface area (Å²) in [6.07, 6.45) is 0.340. The number of pyridine rings is 2. The number of fused-ring (bicyclic) bond motifs is 2. The molecule has 2 saturated heterocycles. The van der Waals surface area contributed by atoms with Gasteiger partial charge in [0.2, 0.25) is 5.91 Å². The van der Waals surface area contributed by atoms with E-state index in [0.29, 0.717) is 36.5 Å². The summed E-state index contributed by atoms with van der Waals surface area (Å²) in [5.74, 6) is -3.72. The average Bonchev–Trinajstić information content (AvgIpc) is 3.69. The molecule has 0 atom stereocenters. The Morgan fingerprint density at radius 3 is 1.70 bits per heavy atom. The van der Waals surface area contributed by atoms with Gasteiger partial charge in [0.05, 0.1) is 17.3 Å². The van der Waals surface area contributed by atoms with Crippen LogP contribution >= 0.6 is 24.8 Å². The highest BCUT2D eigenvalue weighted by atomic mass is 35.5. The van der Waals surface area contributed by atoms with E-state index in [1.807, 2.05) is 50.5 Å². The SMILES string of the molecule is CCc1c(-c2ccc3c(c2)cc(CN2CC(CO)C2)n3C)[nH]c(=O)c(C(=O)Oc2c(CC)c(-c3ccc4c(c3)cc(CN3CC(C(=O)N(C)C)C3)n4C)[nH]c(=O)c2C(=O)O)c1O.Cl.Cl. The smallest absolute Gasteiger partial charge is 0.353 e. The minimum Gasteiger partial charge on any atom is -0.506 e. The highest BCUT2D eigenvalue weighted by Gasteiger charge is 2.34. The van der Waals surface area contributed by atoms with Gasteiger partial charge in [-0.05, 0) is 60.4 Å². The normalized spacial score (nSPS) is 14.5. The molecule has 2 aromatic carbocycles. The number of nitrogens with zero attached hydrogens (tertiary/aromatic N) is 5. The maximum Gasteiger partial charge on any atom is 0.353 e. The summed E-state index contributed by atoms with van der Waals surface area (Å²) < 4.78 is 9.89. The molecule has 8 rings (SSSR count). The zero-order chi connectivity index (χ0) is 44.3. The number of nitrogens with one attached hydrogen (secondary N) is 2. The number of aryl methyl sites for hydroxylation is 2. The van der Waals surface area contributed by atoms with Gasteiger partial charge in [-0.1, -0.05) is 26.0 Å². The summed E-state index contributed by atoms with van der Waals surface area (Å²) in [5.41, 5.74) is 2.67. The standard InChI is InChI=1S/C46H51N7O9.2ClH/c1-7-32-38(25-9-11-34-27(13-25)15-30(50(34)5)21-52-17-24(18-52)23-54)47-42(56)36(40(32)55)46(61)62-41-33(8-2)39(48-43(57)37(41)45(59)60)26-10-12-35-28(14-26)16-31(51(35)6)22-53-19-29(20-53)44(58)49(3)4;;/h9-16,24,29,54H,7-8,17-23H2,1-6H3,(H,48,57)(H,59,60)(H2,47,55,56);2*1H. The van der Waals surface area contributed by atoms with Crippen LogP contribution in [0.25, 0.3) is 44.3 Å². The lowest BCUT2D eigenvalue weighted by atomic mass is 9.98. The molecule has 18 heteroatoms. The summed E-state index contributed by atoms with van der Waals surface area (Å²) in [6, 6.07) is 15.3. The van der Waals surface area contributed by atoms with Crippen molar-refractivity contribution >= 4 is 64.5 Å². The molecule has 1 amide bonds. The van der Waals surface area contributed by atoms with E-state index >= 15 is 0 Å². The van der Waals surface area contributed by atoms with Crippen molar-refractivity contribution in [2.45, 2.75) is 39.8 Å². The molecule has 6 aromatic rings. The van der Waals surface area contributed by atoms with Crippen molar-refractivity contribution in [3.05, 3.63) is 103 Å². The van der Waals surface area contributed by atoms with Crippen LogP contribution in [0, 0.1) is 11.8 Å². The summed E-state index contributed by atoms with van der Waals surface area (Å²) in [6.45, 7) is 7.98. The number of aromatic hydroxyl groups is 1. The van der Waals surface area contributed by atoms with Gasteiger partial charge >= 0.3 is 11.9 Å². The number of esters is 1. The van der Waals surface area contributed by atoms with Crippen molar-refractivity contribution in [2.75, 3.05) is 46.9 Å². The van der Waals surface area contributed by atoms with Crippen LogP contribution in [0.1, 0.15) is 57.1 Å². The van der Waals surface area contributed by atoms with Gasteiger partial charge in [-0.3, -0.25) is 24.2 Å². The van der Waals surface area contributed by atoms with Crippen molar-refractivity contribution in [3.8, 4) is 34.0 Å². The number of aromatic amines is 2. The number of H-pyrrole nitrogens is 2. The van der Waals surface area contributed by atoms with E-state index in [4.69, 9.17) is 4.74 Å². The van der Waals surface area contributed by atoms with Gasteiger partial charge in [0, 0.05) is 124 Å². The monoisotopic (exact) mass is 917 g/mol. The van der Waals surface area contributed by atoms with Gasteiger partial charge in [0.1, 0.15) is 5.75 Å². The maximum atomic E-state index is 14.0. The van der Waals surface area contributed by atoms with Crippen LogP contribution in [0.4, 0.5) is 0 Å². The molecule has 340 valence electrons. The number of aliphatic hydroxyl groups is 1. The molecule has 2 fully saturated rings. The number of aromatic nitrogens is 4. The molecule has 0 radical (unpaired) electrons. The third-order valence-electron chi connectivity index (χ3n) is 12.5. The van der Waals surface area contributed by atoms with Crippen molar-refractivity contribution in [3.63, 3.8) is 0 Å². The molecule has 2 aliphatic rings. The Morgan fingerprint density at radius 2 is 1.23 bits per heavy atom. The first kappa shape index (κ1) is 47.6. The summed E-state index contributed by atoms with van der Waals surface area (Å²) in [7, 11) is 7.44. The zero-order valence-corrected chi connectivity index (χ0v) is 38.1. The fourth-order valence-corrected chi connectivity index (χ4v) is 9.09. The first-order valence-corrected chi connectivity index (χ1v) is 20.8. The molecule has 6 heterocycles. The number of carbonyl (C=O) groups excluding carboxylic acids is 2. The van der Waals surface area contributed by atoms with Crippen molar-refractivity contribution in [1.29, 1.82) is 0 Å². The second kappa shape index (κ2) is 18.7. The number of benzene rings is 2. The number of likely N-dealkylation sites (tertiary alicyclic amines) is 2. The highest BCUT2D eigenvalue weighted by molar-refractivity contribution is 5.99. The maximum absolute atomic E-state index is 14.0. The van der Waals surface area contributed by atoms with Crippen LogP contribution in [0.3, 0.4) is 0 Å². The van der Waals surface area contributed by atoms with Crippen LogP contribution in [-0.2, 0) is 44.8 Å². The number of aromatic carboxylic acids is 1. The van der Waals surface area contributed by atoms with Gasteiger partial charge < -0.3 is 44.1 Å². The van der Waals surface area contributed by atoms with Gasteiger partial charge in [-0.25, -0.2) is 9.59 Å². The Balaban J connectivity index is 0.00000340. The molecule has 0 saturated carbocycles. The molecule has 64 heavy (non-hydrogen) atoms. The molecular formula is C46H53Cl2N7O9. The highest BCUT2D eigenvalue weighted by Crippen LogP contribution is 2.37. The summed E-state index contributed by atoms with van der Waals surface area (Å²) in [5, 5.41) is 33.0.